The van der Waals surface area contributed by atoms with Gasteiger partial charge in [0.15, 0.2) is 0 Å². The van der Waals surface area contributed by atoms with Crippen LogP contribution < -0.4 is 5.32 Å². The van der Waals surface area contributed by atoms with E-state index >= 15 is 0 Å². The fraction of sp³-hybridized carbons (Fsp3) is 0.545. The summed E-state index contributed by atoms with van der Waals surface area (Å²) in [5.74, 6) is 0. The fourth-order valence-electron chi connectivity index (χ4n) is 2.07. The topological polar surface area (TPSA) is 40.7 Å². The van der Waals surface area contributed by atoms with Gasteiger partial charge in [-0.3, -0.25) is 5.10 Å². The van der Waals surface area contributed by atoms with Gasteiger partial charge in [-0.25, -0.2) is 0 Å². The molecule has 0 fully saturated rings. The highest BCUT2D eigenvalue weighted by Crippen LogP contribution is 2.30. The molecule has 0 saturated carbocycles. The second kappa shape index (κ2) is 2.95. The smallest absolute Gasteiger partial charge is 0.0907 e. The lowest BCUT2D eigenvalue weighted by Crippen LogP contribution is -2.42. The predicted molar refractivity (Wildman–Crippen MR) is 58.0 cm³/mol. The molecule has 2 N–H and O–H groups in total. The van der Waals surface area contributed by atoms with Crippen molar-refractivity contribution >= 4 is 5.57 Å². The summed E-state index contributed by atoms with van der Waals surface area (Å²) in [7, 11) is 0. The first-order chi connectivity index (χ1) is 6.52. The van der Waals surface area contributed by atoms with E-state index in [1.807, 2.05) is 6.92 Å². The van der Waals surface area contributed by atoms with Crippen LogP contribution in [0.15, 0.2) is 6.58 Å². The summed E-state index contributed by atoms with van der Waals surface area (Å²) in [5.41, 5.74) is 4.65. The number of hydrogen-bond donors (Lipinski definition) is 2. The van der Waals surface area contributed by atoms with E-state index in [9.17, 15) is 0 Å². The molecule has 1 aromatic heterocycles. The largest absolute Gasteiger partial charge is 0.306 e. The summed E-state index contributed by atoms with van der Waals surface area (Å²) < 4.78 is 0. The Kier molecular flexibility index (Phi) is 2.00. The van der Waals surface area contributed by atoms with Crippen molar-refractivity contribution in [3.05, 3.63) is 23.5 Å². The van der Waals surface area contributed by atoms with Crippen molar-refractivity contribution in [2.45, 2.75) is 32.7 Å². The molecule has 3 heteroatoms. The lowest BCUT2D eigenvalue weighted by Gasteiger charge is -2.30. The first-order valence-corrected chi connectivity index (χ1v) is 5.01. The summed E-state index contributed by atoms with van der Waals surface area (Å²) in [6.45, 7) is 11.3. The third kappa shape index (κ3) is 1.28. The van der Waals surface area contributed by atoms with Gasteiger partial charge in [-0.1, -0.05) is 6.58 Å². The molecular weight excluding hydrogens is 174 g/mol. The van der Waals surface area contributed by atoms with Crippen LogP contribution >= 0.6 is 0 Å². The molecule has 0 bridgehead atoms. The van der Waals surface area contributed by atoms with Gasteiger partial charge in [0.05, 0.1) is 16.9 Å². The van der Waals surface area contributed by atoms with Gasteiger partial charge in [-0.2, -0.15) is 5.10 Å². The van der Waals surface area contributed by atoms with Crippen molar-refractivity contribution in [2.24, 2.45) is 0 Å². The third-order valence-corrected chi connectivity index (χ3v) is 2.84. The summed E-state index contributed by atoms with van der Waals surface area (Å²) >= 11 is 0. The van der Waals surface area contributed by atoms with Crippen LogP contribution in [0.3, 0.4) is 0 Å². The van der Waals surface area contributed by atoms with Crippen LogP contribution in [0.2, 0.25) is 0 Å². The molecule has 1 aromatic rings. The van der Waals surface area contributed by atoms with Crippen LogP contribution in [0.5, 0.6) is 0 Å². The molecule has 0 amide bonds. The van der Waals surface area contributed by atoms with Gasteiger partial charge in [-0.15, -0.1) is 0 Å². The minimum atomic E-state index is 0.00822. The molecule has 76 valence electrons. The van der Waals surface area contributed by atoms with Crippen LogP contribution in [0.4, 0.5) is 0 Å². The van der Waals surface area contributed by atoms with Crippen LogP contribution in [0.1, 0.15) is 37.7 Å². The van der Waals surface area contributed by atoms with Crippen LogP contribution in [0.25, 0.3) is 5.57 Å². The highest BCUT2D eigenvalue weighted by molar-refractivity contribution is 5.62. The normalized spacial score (nSPS) is 19.1. The van der Waals surface area contributed by atoms with E-state index in [-0.39, 0.29) is 5.54 Å². The molecule has 0 atom stereocenters. The molecule has 1 aliphatic heterocycles. The highest BCUT2D eigenvalue weighted by atomic mass is 15.2. The van der Waals surface area contributed by atoms with Gasteiger partial charge in [0.2, 0.25) is 0 Å². The highest BCUT2D eigenvalue weighted by Gasteiger charge is 2.30. The number of rotatable bonds is 1. The molecule has 0 radical (unpaired) electrons. The average molecular weight is 191 g/mol. The zero-order valence-corrected chi connectivity index (χ0v) is 9.07. The number of H-pyrrole nitrogens is 1. The molecule has 1 aliphatic rings. The Labute approximate surface area is 84.6 Å². The number of hydrogen-bond acceptors (Lipinski definition) is 2. The maximum Gasteiger partial charge on any atom is 0.0907 e. The lowest BCUT2D eigenvalue weighted by atomic mass is 9.89. The molecule has 14 heavy (non-hydrogen) atoms. The van der Waals surface area contributed by atoms with Gasteiger partial charge >= 0.3 is 0 Å². The Hall–Kier alpha value is -1.09. The van der Waals surface area contributed by atoms with Crippen LogP contribution in [-0.2, 0) is 12.0 Å². The summed E-state index contributed by atoms with van der Waals surface area (Å²) in [6.07, 6.45) is 1.04. The summed E-state index contributed by atoms with van der Waals surface area (Å²) in [4.78, 5) is 0. The Bertz CT molecular complexity index is 374. The monoisotopic (exact) mass is 191 g/mol. The third-order valence-electron chi connectivity index (χ3n) is 2.84. The summed E-state index contributed by atoms with van der Waals surface area (Å²) in [6, 6.07) is 0. The second-order valence-electron chi connectivity index (χ2n) is 4.51. The predicted octanol–water partition coefficient (Wildman–Crippen LogP) is 1.82. The molecule has 0 aliphatic carbocycles. The van der Waals surface area contributed by atoms with Gasteiger partial charge in [0, 0.05) is 12.1 Å². The van der Waals surface area contributed by atoms with E-state index in [1.54, 1.807) is 0 Å². The van der Waals surface area contributed by atoms with Gasteiger partial charge < -0.3 is 5.32 Å². The van der Waals surface area contributed by atoms with E-state index in [0.717, 1.165) is 24.2 Å². The van der Waals surface area contributed by atoms with Crippen LogP contribution in [0, 0.1) is 0 Å². The SMILES string of the molecule is C=C(C)c1n[nH]c2c1CCNC2(C)C. The molecule has 2 heterocycles. The van der Waals surface area contributed by atoms with E-state index in [0.29, 0.717) is 0 Å². The van der Waals surface area contributed by atoms with Crippen LogP contribution in [-0.4, -0.2) is 16.7 Å². The number of aromatic nitrogens is 2. The van der Waals surface area contributed by atoms with Crippen molar-refractivity contribution in [1.82, 2.24) is 15.5 Å². The molecule has 0 spiro atoms. The van der Waals surface area contributed by atoms with E-state index in [4.69, 9.17) is 0 Å². The van der Waals surface area contributed by atoms with Gasteiger partial charge in [-0.05, 0) is 32.8 Å². The number of aromatic amines is 1. The van der Waals surface area contributed by atoms with Crippen molar-refractivity contribution in [2.75, 3.05) is 6.54 Å². The second-order valence-corrected chi connectivity index (χ2v) is 4.51. The first-order valence-electron chi connectivity index (χ1n) is 5.01. The zero-order chi connectivity index (χ0) is 10.3. The van der Waals surface area contributed by atoms with E-state index in [1.165, 1.54) is 11.3 Å². The van der Waals surface area contributed by atoms with Crippen molar-refractivity contribution in [1.29, 1.82) is 0 Å². The molecule has 0 unspecified atom stereocenters. The van der Waals surface area contributed by atoms with Crippen molar-refractivity contribution in [3.63, 3.8) is 0 Å². The molecule has 3 nitrogen and oxygen atoms in total. The molecule has 0 saturated heterocycles. The number of nitrogens with one attached hydrogen (secondary N) is 2. The summed E-state index contributed by atoms with van der Waals surface area (Å²) in [5, 5.41) is 10.9. The Morgan fingerprint density at radius 1 is 1.50 bits per heavy atom. The van der Waals surface area contributed by atoms with Gasteiger partial charge in [0.1, 0.15) is 0 Å². The zero-order valence-electron chi connectivity index (χ0n) is 9.07. The molecular formula is C11H17N3. The maximum atomic E-state index is 4.33. The lowest BCUT2D eigenvalue weighted by molar-refractivity contribution is 0.372. The van der Waals surface area contributed by atoms with E-state index in [2.05, 4.69) is 35.9 Å². The minimum absolute atomic E-state index is 0.00822. The van der Waals surface area contributed by atoms with E-state index < -0.39 is 0 Å². The first kappa shape index (κ1) is 9.46. The van der Waals surface area contributed by atoms with Crippen molar-refractivity contribution in [3.8, 4) is 0 Å². The fourth-order valence-corrected chi connectivity index (χ4v) is 2.07. The maximum absolute atomic E-state index is 4.33. The standard InChI is InChI=1S/C11H17N3/c1-7(2)9-8-5-6-12-11(3,4)10(8)14-13-9/h12H,1,5-6H2,2-4H3,(H,13,14). The van der Waals surface area contributed by atoms with Gasteiger partial charge in [0.25, 0.3) is 0 Å². The quantitative estimate of drug-likeness (QED) is 0.711. The Morgan fingerprint density at radius 2 is 2.21 bits per heavy atom. The molecule has 2 rings (SSSR count). The minimum Gasteiger partial charge on any atom is -0.306 e. The number of fused-ring (bicyclic) bond motifs is 1. The Balaban J connectivity index is 2.53. The van der Waals surface area contributed by atoms with Crippen molar-refractivity contribution < 1.29 is 0 Å². The average Bonchev–Trinajstić information content (AvgIpc) is 2.48. The number of nitrogens with zero attached hydrogens (tertiary/aromatic N) is 1. The Morgan fingerprint density at radius 3 is 2.86 bits per heavy atom. The number of allylic oxidation sites excluding steroid dienone is 1. The molecule has 0 aromatic carbocycles.